The number of hydrogen-bond acceptors (Lipinski definition) is 4. The van der Waals surface area contributed by atoms with E-state index >= 15 is 0 Å². The van der Waals surface area contributed by atoms with E-state index in [2.05, 4.69) is 27.0 Å². The monoisotopic (exact) mass is 386 g/mol. The van der Waals surface area contributed by atoms with Gasteiger partial charge in [-0.25, -0.2) is 9.97 Å². The summed E-state index contributed by atoms with van der Waals surface area (Å²) in [6, 6.07) is 17.2. The Balaban J connectivity index is 1.49. The maximum absolute atomic E-state index is 13.2. The molecule has 0 aliphatic carbocycles. The van der Waals surface area contributed by atoms with Gasteiger partial charge < -0.3 is 4.90 Å². The number of benzene rings is 2. The molecule has 1 aromatic heterocycles. The summed E-state index contributed by atoms with van der Waals surface area (Å²) < 4.78 is 39.7. The molecule has 0 amide bonds. The van der Waals surface area contributed by atoms with E-state index in [1.807, 2.05) is 23.1 Å². The van der Waals surface area contributed by atoms with Gasteiger partial charge in [0.05, 0.1) is 5.52 Å². The van der Waals surface area contributed by atoms with E-state index in [1.54, 1.807) is 24.3 Å². The van der Waals surface area contributed by atoms with E-state index in [0.29, 0.717) is 29.8 Å². The zero-order valence-electron chi connectivity index (χ0n) is 15.4. The molecule has 4 nitrogen and oxygen atoms in total. The van der Waals surface area contributed by atoms with Crippen LogP contribution in [0.4, 0.5) is 19.0 Å². The fourth-order valence-corrected chi connectivity index (χ4v) is 3.54. The highest BCUT2D eigenvalue weighted by Crippen LogP contribution is 2.32. The third-order valence-corrected chi connectivity index (χ3v) is 5.07. The van der Waals surface area contributed by atoms with Gasteiger partial charge in [-0.1, -0.05) is 42.5 Å². The average molecular weight is 386 g/mol. The van der Waals surface area contributed by atoms with Gasteiger partial charge in [-0.05, 0) is 24.1 Å². The smallest absolute Gasteiger partial charge is 0.353 e. The summed E-state index contributed by atoms with van der Waals surface area (Å²) in [4.78, 5) is 11.9. The number of para-hydroxylation sites is 1. The van der Waals surface area contributed by atoms with Crippen LogP contribution in [0.3, 0.4) is 0 Å². The molecule has 0 radical (unpaired) electrons. The molecule has 28 heavy (non-hydrogen) atoms. The largest absolute Gasteiger partial charge is 0.451 e. The van der Waals surface area contributed by atoms with Gasteiger partial charge >= 0.3 is 6.18 Å². The number of alkyl halides is 3. The third kappa shape index (κ3) is 4.09. The van der Waals surface area contributed by atoms with Crippen LogP contribution in [0.2, 0.25) is 0 Å². The van der Waals surface area contributed by atoms with Crippen LogP contribution >= 0.6 is 0 Å². The number of aromatic nitrogens is 2. The van der Waals surface area contributed by atoms with Crippen LogP contribution in [0.15, 0.2) is 54.6 Å². The minimum Gasteiger partial charge on any atom is -0.353 e. The molecule has 0 N–H and O–H groups in total. The van der Waals surface area contributed by atoms with Gasteiger partial charge in [0.1, 0.15) is 5.82 Å². The van der Waals surface area contributed by atoms with Crippen molar-refractivity contribution in [1.29, 1.82) is 0 Å². The van der Waals surface area contributed by atoms with Crippen LogP contribution in [0.1, 0.15) is 11.4 Å². The summed E-state index contributed by atoms with van der Waals surface area (Å²) in [5.41, 5.74) is 1.62. The Morgan fingerprint density at radius 3 is 2.21 bits per heavy atom. The van der Waals surface area contributed by atoms with E-state index in [0.717, 1.165) is 26.1 Å². The number of fused-ring (bicyclic) bond motifs is 1. The molecule has 0 unspecified atom stereocenters. The zero-order valence-corrected chi connectivity index (χ0v) is 15.4. The van der Waals surface area contributed by atoms with E-state index in [9.17, 15) is 13.2 Å². The normalized spacial score (nSPS) is 15.9. The van der Waals surface area contributed by atoms with Crippen LogP contribution in [0, 0.1) is 0 Å². The molecule has 1 aliphatic heterocycles. The Hall–Kier alpha value is -2.67. The molecule has 146 valence electrons. The van der Waals surface area contributed by atoms with Crippen molar-refractivity contribution < 1.29 is 13.2 Å². The SMILES string of the molecule is FC(F)(F)c1nc(N2CCN(CCc3ccccc3)CC2)c2ccccc2n1. The van der Waals surface area contributed by atoms with Crippen LogP contribution in [0.25, 0.3) is 10.9 Å². The topological polar surface area (TPSA) is 32.3 Å². The molecule has 2 aromatic carbocycles. The third-order valence-electron chi connectivity index (χ3n) is 5.07. The highest BCUT2D eigenvalue weighted by molar-refractivity contribution is 5.89. The lowest BCUT2D eigenvalue weighted by Crippen LogP contribution is -2.47. The van der Waals surface area contributed by atoms with E-state index in [-0.39, 0.29) is 0 Å². The van der Waals surface area contributed by atoms with Crippen molar-refractivity contribution in [2.75, 3.05) is 37.6 Å². The summed E-state index contributed by atoms with van der Waals surface area (Å²) in [6.45, 7) is 3.83. The van der Waals surface area contributed by atoms with Gasteiger partial charge in [0.15, 0.2) is 0 Å². The Bertz CT molecular complexity index is 935. The first kappa shape index (κ1) is 18.7. The van der Waals surface area contributed by atoms with Crippen LogP contribution in [-0.2, 0) is 12.6 Å². The molecule has 3 aromatic rings. The predicted molar refractivity (Wildman–Crippen MR) is 103 cm³/mol. The number of rotatable bonds is 4. The Labute approximate surface area is 161 Å². The lowest BCUT2D eigenvalue weighted by molar-refractivity contribution is -0.144. The Morgan fingerprint density at radius 1 is 0.821 bits per heavy atom. The molecule has 1 saturated heterocycles. The van der Waals surface area contributed by atoms with E-state index in [1.165, 1.54) is 5.56 Å². The highest BCUT2D eigenvalue weighted by atomic mass is 19.4. The van der Waals surface area contributed by atoms with Gasteiger partial charge in [-0.2, -0.15) is 13.2 Å². The van der Waals surface area contributed by atoms with Crippen LogP contribution < -0.4 is 4.90 Å². The molecule has 4 rings (SSSR count). The maximum Gasteiger partial charge on any atom is 0.451 e. The van der Waals surface area contributed by atoms with Crippen molar-refractivity contribution >= 4 is 16.7 Å². The second-order valence-electron chi connectivity index (χ2n) is 6.95. The minimum absolute atomic E-state index is 0.325. The number of anilines is 1. The molecular weight excluding hydrogens is 365 g/mol. The first-order valence-electron chi connectivity index (χ1n) is 9.36. The van der Waals surface area contributed by atoms with Crippen molar-refractivity contribution in [1.82, 2.24) is 14.9 Å². The van der Waals surface area contributed by atoms with Gasteiger partial charge in [0, 0.05) is 38.1 Å². The fraction of sp³-hybridized carbons (Fsp3) is 0.333. The second kappa shape index (κ2) is 7.75. The quantitative estimate of drug-likeness (QED) is 0.678. The molecular formula is C21H21F3N4. The predicted octanol–water partition coefficient (Wildman–Crippen LogP) is 4.01. The molecule has 0 bridgehead atoms. The average Bonchev–Trinajstić information content (AvgIpc) is 2.72. The van der Waals surface area contributed by atoms with Gasteiger partial charge in [0.25, 0.3) is 0 Å². The van der Waals surface area contributed by atoms with Crippen molar-refractivity contribution in [3.05, 3.63) is 66.0 Å². The van der Waals surface area contributed by atoms with Crippen LogP contribution in [0.5, 0.6) is 0 Å². The number of nitrogens with zero attached hydrogens (tertiary/aromatic N) is 4. The maximum atomic E-state index is 13.2. The van der Waals surface area contributed by atoms with Crippen molar-refractivity contribution in [3.63, 3.8) is 0 Å². The number of halogens is 3. The summed E-state index contributed by atoms with van der Waals surface area (Å²) in [6.07, 6.45) is -3.59. The second-order valence-corrected chi connectivity index (χ2v) is 6.95. The van der Waals surface area contributed by atoms with Gasteiger partial charge in [-0.15, -0.1) is 0 Å². The van der Waals surface area contributed by atoms with E-state index in [4.69, 9.17) is 0 Å². The first-order chi connectivity index (χ1) is 13.5. The molecule has 0 spiro atoms. The highest BCUT2D eigenvalue weighted by Gasteiger charge is 2.36. The molecule has 1 fully saturated rings. The zero-order chi connectivity index (χ0) is 19.6. The summed E-state index contributed by atoms with van der Waals surface area (Å²) >= 11 is 0. The molecule has 7 heteroatoms. The minimum atomic E-state index is -4.56. The Kier molecular flexibility index (Phi) is 5.17. The standard InChI is InChI=1S/C21H21F3N4/c22-21(23,24)20-25-18-9-5-4-8-17(18)19(26-20)28-14-12-27(13-15-28)11-10-16-6-2-1-3-7-16/h1-9H,10-15H2. The van der Waals surface area contributed by atoms with Gasteiger partial charge in [0.2, 0.25) is 5.82 Å². The summed E-state index contributed by atoms with van der Waals surface area (Å²) in [5, 5.41) is 0.660. The molecule has 0 saturated carbocycles. The fourth-order valence-electron chi connectivity index (χ4n) is 3.54. The summed E-state index contributed by atoms with van der Waals surface area (Å²) in [7, 11) is 0. The van der Waals surface area contributed by atoms with E-state index < -0.39 is 12.0 Å². The van der Waals surface area contributed by atoms with Gasteiger partial charge in [-0.3, -0.25) is 4.90 Å². The number of hydrogen-bond donors (Lipinski definition) is 0. The van der Waals surface area contributed by atoms with Crippen LogP contribution in [-0.4, -0.2) is 47.6 Å². The van der Waals surface area contributed by atoms with Crippen molar-refractivity contribution in [2.45, 2.75) is 12.6 Å². The van der Waals surface area contributed by atoms with Crippen molar-refractivity contribution in [2.24, 2.45) is 0 Å². The molecule has 2 heterocycles. The molecule has 1 aliphatic rings. The first-order valence-corrected chi connectivity index (χ1v) is 9.36. The lowest BCUT2D eigenvalue weighted by Gasteiger charge is -2.36. The Morgan fingerprint density at radius 2 is 1.50 bits per heavy atom. The van der Waals surface area contributed by atoms with Crippen molar-refractivity contribution in [3.8, 4) is 0 Å². The lowest BCUT2D eigenvalue weighted by atomic mass is 10.1. The molecule has 0 atom stereocenters. The summed E-state index contributed by atoms with van der Waals surface area (Å²) in [5.74, 6) is -0.701. The number of piperazine rings is 1.